The Morgan fingerprint density at radius 3 is 2.58 bits per heavy atom. The van der Waals surface area contributed by atoms with Crippen molar-refractivity contribution in [1.29, 1.82) is 0 Å². The molecule has 0 bridgehead atoms. The molecular weight excluding hydrogens is 504 g/mol. The molecule has 1 aliphatic rings. The number of hydrogen-bond donors (Lipinski definition) is 2. The highest BCUT2D eigenvalue weighted by Crippen LogP contribution is 2.49. The smallest absolute Gasteiger partial charge is 0.343 e. The molecule has 1 aromatic carbocycles. The van der Waals surface area contributed by atoms with Gasteiger partial charge in [0.25, 0.3) is 0 Å². The summed E-state index contributed by atoms with van der Waals surface area (Å²) in [6.07, 6.45) is 8.54. The maximum atomic E-state index is 13.3. The highest BCUT2D eigenvalue weighted by Gasteiger charge is 2.36. The zero-order valence-electron chi connectivity index (χ0n) is 23.3. The fraction of sp³-hybridized carbons (Fsp3) is 0.323. The van der Waals surface area contributed by atoms with E-state index < -0.39 is 11.7 Å². The van der Waals surface area contributed by atoms with Crippen LogP contribution >= 0.6 is 0 Å². The number of aromatic nitrogens is 5. The molecule has 1 atom stereocenters. The second-order valence-electron chi connectivity index (χ2n) is 12.2. The quantitative estimate of drug-likeness (QED) is 0.281. The standard InChI is InChI=1S/C31H32N6O3/c1-17(37-28-24(27(32)34-16-35-28)25(36-37)18-10-20(38)14-33-13-18)26-23(19-11-30(2,3)15-31(4,5)12-19)21-8-6-7-9-22(21)29(39)40-26/h6-11,13-14,16-17,38H,12,15H2,1-5H3,(H2,32,34,35). The van der Waals surface area contributed by atoms with E-state index in [0.29, 0.717) is 33.4 Å². The van der Waals surface area contributed by atoms with Crippen molar-refractivity contribution in [3.63, 3.8) is 0 Å². The Bertz CT molecular complexity index is 1880. The number of nitrogen functional groups attached to an aromatic ring is 1. The van der Waals surface area contributed by atoms with E-state index in [1.807, 2.05) is 31.2 Å². The number of allylic oxidation sites excluding steroid dienone is 2. The van der Waals surface area contributed by atoms with Crippen molar-refractivity contribution >= 4 is 33.2 Å². The first kappa shape index (κ1) is 25.7. The van der Waals surface area contributed by atoms with Crippen molar-refractivity contribution in [1.82, 2.24) is 24.7 Å². The number of anilines is 1. The molecule has 4 aromatic heterocycles. The molecule has 0 fully saturated rings. The number of pyridine rings is 1. The highest BCUT2D eigenvalue weighted by molar-refractivity contribution is 5.98. The molecule has 5 aromatic rings. The molecule has 0 spiro atoms. The minimum absolute atomic E-state index is 0.000876. The van der Waals surface area contributed by atoms with Crippen LogP contribution in [0.5, 0.6) is 5.75 Å². The van der Waals surface area contributed by atoms with Gasteiger partial charge in [-0.15, -0.1) is 0 Å². The Hall–Kier alpha value is -4.53. The normalized spacial score (nSPS) is 17.2. The number of fused-ring (bicyclic) bond motifs is 2. The topological polar surface area (TPSA) is 133 Å². The minimum atomic E-state index is -0.530. The molecule has 3 N–H and O–H groups in total. The number of aromatic hydroxyl groups is 1. The number of nitrogens with two attached hydrogens (primary N) is 1. The maximum absolute atomic E-state index is 13.3. The van der Waals surface area contributed by atoms with E-state index in [0.717, 1.165) is 29.4 Å². The van der Waals surface area contributed by atoms with Crippen molar-refractivity contribution in [2.75, 3.05) is 5.73 Å². The lowest BCUT2D eigenvalue weighted by molar-refractivity contribution is 0.228. The van der Waals surface area contributed by atoms with Gasteiger partial charge in [-0.2, -0.15) is 5.10 Å². The van der Waals surface area contributed by atoms with Crippen molar-refractivity contribution < 1.29 is 9.52 Å². The average Bonchev–Trinajstić information content (AvgIpc) is 3.27. The van der Waals surface area contributed by atoms with Crippen molar-refractivity contribution in [2.45, 2.75) is 53.5 Å². The fourth-order valence-electron chi connectivity index (χ4n) is 6.52. The molecular formula is C31H32N6O3. The second kappa shape index (κ2) is 9.01. The third-order valence-electron chi connectivity index (χ3n) is 7.62. The van der Waals surface area contributed by atoms with Gasteiger partial charge in [0.1, 0.15) is 35.4 Å². The third kappa shape index (κ3) is 4.31. The van der Waals surface area contributed by atoms with Crippen molar-refractivity contribution in [3.05, 3.63) is 76.9 Å². The van der Waals surface area contributed by atoms with Gasteiger partial charge in [-0.05, 0) is 53.7 Å². The molecule has 204 valence electrons. The highest BCUT2D eigenvalue weighted by atomic mass is 16.4. The second-order valence-corrected chi connectivity index (χ2v) is 12.2. The first-order chi connectivity index (χ1) is 18.9. The number of benzene rings is 1. The van der Waals surface area contributed by atoms with Crippen LogP contribution in [0.15, 0.2) is 64.3 Å². The summed E-state index contributed by atoms with van der Waals surface area (Å²) >= 11 is 0. The fourth-order valence-corrected chi connectivity index (χ4v) is 6.52. The van der Waals surface area contributed by atoms with Crippen LogP contribution in [0.2, 0.25) is 0 Å². The van der Waals surface area contributed by atoms with E-state index in [4.69, 9.17) is 15.2 Å². The molecule has 0 aliphatic heterocycles. The lowest BCUT2D eigenvalue weighted by atomic mass is 9.65. The van der Waals surface area contributed by atoms with E-state index in [9.17, 15) is 9.90 Å². The van der Waals surface area contributed by atoms with E-state index >= 15 is 0 Å². The molecule has 0 amide bonds. The van der Waals surface area contributed by atoms with Gasteiger partial charge in [0, 0.05) is 17.3 Å². The molecule has 9 heteroatoms. The summed E-state index contributed by atoms with van der Waals surface area (Å²) in [5.74, 6) is 0.757. The van der Waals surface area contributed by atoms with Crippen LogP contribution in [0.1, 0.15) is 64.8 Å². The number of rotatable bonds is 4. The summed E-state index contributed by atoms with van der Waals surface area (Å²) in [5, 5.41) is 16.9. The van der Waals surface area contributed by atoms with Crippen LogP contribution in [-0.4, -0.2) is 29.8 Å². The average molecular weight is 537 g/mol. The predicted octanol–water partition coefficient (Wildman–Crippen LogP) is 6.12. The minimum Gasteiger partial charge on any atom is -0.506 e. The van der Waals surface area contributed by atoms with E-state index in [1.165, 1.54) is 12.5 Å². The molecule has 9 nitrogen and oxygen atoms in total. The van der Waals surface area contributed by atoms with Crippen LogP contribution in [0.25, 0.3) is 38.6 Å². The summed E-state index contributed by atoms with van der Waals surface area (Å²) in [6.45, 7) is 11.0. The van der Waals surface area contributed by atoms with Crippen LogP contribution < -0.4 is 11.4 Å². The van der Waals surface area contributed by atoms with Crippen molar-refractivity contribution in [2.24, 2.45) is 10.8 Å². The zero-order valence-corrected chi connectivity index (χ0v) is 23.3. The first-order valence-corrected chi connectivity index (χ1v) is 13.3. The van der Waals surface area contributed by atoms with Gasteiger partial charge in [-0.1, -0.05) is 52.0 Å². The van der Waals surface area contributed by atoms with Crippen LogP contribution in [0.3, 0.4) is 0 Å². The Morgan fingerprint density at radius 1 is 1.10 bits per heavy atom. The van der Waals surface area contributed by atoms with Crippen LogP contribution in [0, 0.1) is 10.8 Å². The molecule has 1 unspecified atom stereocenters. The van der Waals surface area contributed by atoms with Gasteiger partial charge in [-0.25, -0.2) is 19.4 Å². The van der Waals surface area contributed by atoms with Crippen LogP contribution in [-0.2, 0) is 0 Å². The summed E-state index contributed by atoms with van der Waals surface area (Å²) in [4.78, 5) is 26.1. The van der Waals surface area contributed by atoms with Gasteiger partial charge in [0.2, 0.25) is 0 Å². The molecule has 0 radical (unpaired) electrons. The van der Waals surface area contributed by atoms with Crippen LogP contribution in [0.4, 0.5) is 5.82 Å². The molecule has 0 saturated heterocycles. The monoisotopic (exact) mass is 536 g/mol. The Balaban J connectivity index is 1.64. The first-order valence-electron chi connectivity index (χ1n) is 13.3. The summed E-state index contributed by atoms with van der Waals surface area (Å²) < 4.78 is 7.87. The SMILES string of the molecule is CC(c1oc(=O)c2ccccc2c1C1=CC(C)(C)CC(C)(C)C1)n1nc(-c2cncc(O)c2)c2c(N)ncnc21. The molecule has 4 heterocycles. The van der Waals surface area contributed by atoms with E-state index in [1.54, 1.807) is 16.9 Å². The molecule has 6 rings (SSSR count). The van der Waals surface area contributed by atoms with Crippen molar-refractivity contribution in [3.8, 4) is 17.0 Å². The Kier molecular flexibility index (Phi) is 5.80. The Morgan fingerprint density at radius 2 is 1.85 bits per heavy atom. The van der Waals surface area contributed by atoms with Gasteiger partial charge in [0.05, 0.1) is 17.0 Å². The number of hydrogen-bond acceptors (Lipinski definition) is 8. The lowest BCUT2D eigenvalue weighted by Crippen LogP contribution is -2.27. The molecule has 1 aliphatic carbocycles. The summed E-state index contributed by atoms with van der Waals surface area (Å²) in [5.41, 5.74) is 9.52. The Labute approximate surface area is 231 Å². The van der Waals surface area contributed by atoms with Gasteiger partial charge in [-0.3, -0.25) is 4.98 Å². The molecule has 40 heavy (non-hydrogen) atoms. The number of nitrogens with zero attached hydrogens (tertiary/aromatic N) is 5. The zero-order chi connectivity index (χ0) is 28.4. The van der Waals surface area contributed by atoms with Gasteiger partial charge in [0.15, 0.2) is 5.65 Å². The summed E-state index contributed by atoms with van der Waals surface area (Å²) in [6, 6.07) is 8.63. The van der Waals surface area contributed by atoms with Gasteiger partial charge >= 0.3 is 5.63 Å². The lowest BCUT2D eigenvalue weighted by Gasteiger charge is -2.40. The molecule has 0 saturated carbocycles. The summed E-state index contributed by atoms with van der Waals surface area (Å²) in [7, 11) is 0. The maximum Gasteiger partial charge on any atom is 0.343 e. The van der Waals surface area contributed by atoms with E-state index in [-0.39, 0.29) is 22.4 Å². The van der Waals surface area contributed by atoms with Gasteiger partial charge < -0.3 is 15.3 Å². The van der Waals surface area contributed by atoms with E-state index in [2.05, 4.69) is 48.7 Å². The predicted molar refractivity (Wildman–Crippen MR) is 156 cm³/mol. The largest absolute Gasteiger partial charge is 0.506 e. The third-order valence-corrected chi connectivity index (χ3v) is 7.62.